The van der Waals surface area contributed by atoms with Gasteiger partial charge in [0.15, 0.2) is 0 Å². The Balaban J connectivity index is 1.71. The van der Waals surface area contributed by atoms with E-state index in [1.54, 1.807) is 0 Å². The van der Waals surface area contributed by atoms with Crippen LogP contribution in [0.2, 0.25) is 0 Å². The minimum Gasteiger partial charge on any atom is -0.298 e. The molecule has 3 rings (SSSR count). The van der Waals surface area contributed by atoms with Crippen molar-refractivity contribution in [2.45, 2.75) is 59.5 Å². The third-order valence-electron chi connectivity index (χ3n) is 5.14. The molecule has 1 saturated heterocycles. The average molecular weight is 247 g/mol. The summed E-state index contributed by atoms with van der Waals surface area (Å²) in [6, 6.07) is 0. The summed E-state index contributed by atoms with van der Waals surface area (Å²) in [5, 5.41) is 4.63. The zero-order chi connectivity index (χ0) is 12.8. The van der Waals surface area contributed by atoms with Crippen molar-refractivity contribution in [3.05, 3.63) is 17.0 Å². The Morgan fingerprint density at radius 3 is 2.50 bits per heavy atom. The largest absolute Gasteiger partial charge is 0.298 e. The predicted octanol–water partition coefficient (Wildman–Crippen LogP) is 2.90. The molecule has 2 fully saturated rings. The van der Waals surface area contributed by atoms with Gasteiger partial charge in [0, 0.05) is 30.9 Å². The summed E-state index contributed by atoms with van der Waals surface area (Å²) in [4.78, 5) is 2.65. The van der Waals surface area contributed by atoms with Crippen molar-refractivity contribution < 1.29 is 0 Å². The molecule has 18 heavy (non-hydrogen) atoms. The smallest absolute Gasteiger partial charge is 0.0641 e. The summed E-state index contributed by atoms with van der Waals surface area (Å²) in [7, 11) is 0. The average Bonchev–Trinajstić information content (AvgIpc) is 2.85. The van der Waals surface area contributed by atoms with E-state index in [1.165, 1.54) is 55.7 Å². The lowest BCUT2D eigenvalue weighted by molar-refractivity contribution is 0.137. The third kappa shape index (κ3) is 1.89. The Bertz CT molecular complexity index is 443. The van der Waals surface area contributed by atoms with E-state index in [-0.39, 0.29) is 0 Å². The van der Waals surface area contributed by atoms with Crippen molar-refractivity contribution in [2.75, 3.05) is 13.1 Å². The molecule has 3 heteroatoms. The lowest BCUT2D eigenvalue weighted by atomic mass is 9.68. The van der Waals surface area contributed by atoms with Crippen molar-refractivity contribution in [1.82, 2.24) is 14.7 Å². The zero-order valence-corrected chi connectivity index (χ0v) is 12.0. The number of hydrogen-bond donors (Lipinski definition) is 0. The van der Waals surface area contributed by atoms with Crippen LogP contribution in [0.1, 0.15) is 49.6 Å². The first kappa shape index (κ1) is 12.2. The van der Waals surface area contributed by atoms with Crippen molar-refractivity contribution >= 4 is 0 Å². The molecule has 0 atom stereocenters. The number of rotatable bonds is 3. The minimum atomic E-state index is 0.711. The summed E-state index contributed by atoms with van der Waals surface area (Å²) in [6.45, 7) is 11.2. The van der Waals surface area contributed by atoms with Crippen LogP contribution in [0.3, 0.4) is 0 Å². The highest BCUT2D eigenvalue weighted by atomic mass is 15.3. The van der Waals surface area contributed by atoms with Gasteiger partial charge in [0.1, 0.15) is 0 Å². The fourth-order valence-electron chi connectivity index (χ4n) is 3.74. The first-order valence-electron chi connectivity index (χ1n) is 7.39. The molecule has 0 bridgehead atoms. The number of likely N-dealkylation sites (tertiary alicyclic amines) is 1. The van der Waals surface area contributed by atoms with Gasteiger partial charge in [-0.25, -0.2) is 0 Å². The highest BCUT2D eigenvalue weighted by Gasteiger charge is 2.42. The lowest BCUT2D eigenvalue weighted by Crippen LogP contribution is -2.33. The van der Waals surface area contributed by atoms with Gasteiger partial charge >= 0.3 is 0 Å². The van der Waals surface area contributed by atoms with E-state index in [0.29, 0.717) is 5.41 Å². The standard InChI is InChI=1S/C15H25N3/c1-4-18-13(3)14(12(2)16-18)10-17-9-8-15(11-17)6-5-7-15/h4-11H2,1-3H3. The van der Waals surface area contributed by atoms with Gasteiger partial charge in [0.25, 0.3) is 0 Å². The maximum Gasteiger partial charge on any atom is 0.0641 e. The molecule has 0 aromatic carbocycles. The zero-order valence-electron chi connectivity index (χ0n) is 12.0. The van der Waals surface area contributed by atoms with Gasteiger partial charge in [-0.2, -0.15) is 5.10 Å². The number of aryl methyl sites for hydroxylation is 2. The van der Waals surface area contributed by atoms with Crippen molar-refractivity contribution in [3.63, 3.8) is 0 Å². The Morgan fingerprint density at radius 2 is 2.00 bits per heavy atom. The van der Waals surface area contributed by atoms with E-state index in [9.17, 15) is 0 Å². The van der Waals surface area contributed by atoms with E-state index in [4.69, 9.17) is 0 Å². The molecule has 1 aromatic rings. The maximum absolute atomic E-state index is 4.63. The molecular weight excluding hydrogens is 222 g/mol. The van der Waals surface area contributed by atoms with Gasteiger partial charge in [-0.1, -0.05) is 6.42 Å². The Kier molecular flexibility index (Phi) is 2.97. The monoisotopic (exact) mass is 247 g/mol. The molecule has 0 amide bonds. The van der Waals surface area contributed by atoms with E-state index < -0.39 is 0 Å². The quantitative estimate of drug-likeness (QED) is 0.819. The molecule has 0 unspecified atom stereocenters. The van der Waals surface area contributed by atoms with Crippen LogP contribution in [-0.4, -0.2) is 27.8 Å². The van der Waals surface area contributed by atoms with Crippen LogP contribution in [0.5, 0.6) is 0 Å². The highest BCUT2D eigenvalue weighted by molar-refractivity contribution is 5.24. The topological polar surface area (TPSA) is 21.1 Å². The van der Waals surface area contributed by atoms with Crippen LogP contribution in [0.4, 0.5) is 0 Å². The second kappa shape index (κ2) is 4.37. The fourth-order valence-corrected chi connectivity index (χ4v) is 3.74. The summed E-state index contributed by atoms with van der Waals surface area (Å²) in [5.74, 6) is 0. The second-order valence-corrected chi connectivity index (χ2v) is 6.28. The molecule has 3 nitrogen and oxygen atoms in total. The highest BCUT2D eigenvalue weighted by Crippen LogP contribution is 2.48. The van der Waals surface area contributed by atoms with Gasteiger partial charge in [0.2, 0.25) is 0 Å². The molecule has 1 spiro atoms. The summed E-state index contributed by atoms with van der Waals surface area (Å²) in [5.41, 5.74) is 4.77. The van der Waals surface area contributed by atoms with Crippen LogP contribution >= 0.6 is 0 Å². The molecule has 2 aliphatic rings. The predicted molar refractivity (Wildman–Crippen MR) is 73.6 cm³/mol. The Labute approximate surface area is 110 Å². The van der Waals surface area contributed by atoms with Gasteiger partial charge in [-0.15, -0.1) is 0 Å². The number of hydrogen-bond acceptors (Lipinski definition) is 2. The SMILES string of the molecule is CCn1nc(C)c(CN2CCC3(CCC3)C2)c1C. The van der Waals surface area contributed by atoms with Crippen LogP contribution in [0, 0.1) is 19.3 Å². The van der Waals surface area contributed by atoms with Crippen molar-refractivity contribution in [3.8, 4) is 0 Å². The van der Waals surface area contributed by atoms with Crippen LogP contribution < -0.4 is 0 Å². The normalized spacial score (nSPS) is 22.6. The lowest BCUT2D eigenvalue weighted by Gasteiger charge is -2.38. The van der Waals surface area contributed by atoms with Gasteiger partial charge in [-0.05, 0) is 52.0 Å². The molecule has 1 saturated carbocycles. The number of nitrogens with zero attached hydrogens (tertiary/aromatic N) is 3. The molecule has 1 aliphatic heterocycles. The Morgan fingerprint density at radius 1 is 1.22 bits per heavy atom. The van der Waals surface area contributed by atoms with Gasteiger partial charge in [0.05, 0.1) is 5.69 Å². The summed E-state index contributed by atoms with van der Waals surface area (Å²) < 4.78 is 2.14. The molecule has 2 heterocycles. The summed E-state index contributed by atoms with van der Waals surface area (Å²) >= 11 is 0. The molecule has 1 aliphatic carbocycles. The van der Waals surface area contributed by atoms with Crippen molar-refractivity contribution in [1.29, 1.82) is 0 Å². The molecule has 1 aromatic heterocycles. The van der Waals surface area contributed by atoms with Crippen LogP contribution in [0.15, 0.2) is 0 Å². The third-order valence-corrected chi connectivity index (χ3v) is 5.14. The second-order valence-electron chi connectivity index (χ2n) is 6.28. The van der Waals surface area contributed by atoms with E-state index >= 15 is 0 Å². The molecule has 0 radical (unpaired) electrons. The first-order valence-corrected chi connectivity index (χ1v) is 7.39. The molecule has 100 valence electrons. The van der Waals surface area contributed by atoms with Gasteiger partial charge in [-0.3, -0.25) is 9.58 Å². The van der Waals surface area contributed by atoms with E-state index in [0.717, 1.165) is 13.1 Å². The van der Waals surface area contributed by atoms with E-state index in [2.05, 4.69) is 35.5 Å². The van der Waals surface area contributed by atoms with E-state index in [1.807, 2.05) is 0 Å². The molecular formula is C15H25N3. The molecule has 0 N–H and O–H groups in total. The number of aromatic nitrogens is 2. The fraction of sp³-hybridized carbons (Fsp3) is 0.800. The van der Waals surface area contributed by atoms with Crippen LogP contribution in [0.25, 0.3) is 0 Å². The van der Waals surface area contributed by atoms with Gasteiger partial charge < -0.3 is 0 Å². The summed E-state index contributed by atoms with van der Waals surface area (Å²) in [6.07, 6.45) is 5.82. The minimum absolute atomic E-state index is 0.711. The first-order chi connectivity index (χ1) is 8.63. The Hall–Kier alpha value is -0.830. The maximum atomic E-state index is 4.63. The van der Waals surface area contributed by atoms with Crippen molar-refractivity contribution in [2.24, 2.45) is 5.41 Å². The van der Waals surface area contributed by atoms with Crippen LogP contribution in [-0.2, 0) is 13.1 Å².